The van der Waals surface area contributed by atoms with E-state index in [1.807, 2.05) is 0 Å². The maximum atomic E-state index is 12.6. The Labute approximate surface area is 136 Å². The molecular weight excluding hydrogens is 318 g/mol. The number of hydrogen-bond donors (Lipinski definition) is 1. The monoisotopic (exact) mass is 339 g/mol. The van der Waals surface area contributed by atoms with Gasteiger partial charge in [-0.15, -0.1) is 0 Å². The number of Topliss-reactive ketones (excluding diaryl/α,β-unsaturated/α-hetero) is 1. The van der Waals surface area contributed by atoms with Crippen LogP contribution in [0.1, 0.15) is 24.2 Å². The molecule has 1 aliphatic rings. The highest BCUT2D eigenvalue weighted by Gasteiger charge is 2.30. The summed E-state index contributed by atoms with van der Waals surface area (Å²) in [6.45, 7) is 4.15. The molecule has 1 heterocycles. The second-order valence-corrected chi connectivity index (χ2v) is 7.54. The molecule has 8 heteroatoms. The van der Waals surface area contributed by atoms with Gasteiger partial charge in [-0.1, -0.05) is 12.1 Å². The van der Waals surface area contributed by atoms with Crippen molar-refractivity contribution >= 4 is 21.7 Å². The fourth-order valence-electron chi connectivity index (χ4n) is 2.45. The lowest BCUT2D eigenvalue weighted by molar-refractivity contribution is -0.133. The van der Waals surface area contributed by atoms with E-state index in [-0.39, 0.29) is 29.7 Å². The van der Waals surface area contributed by atoms with E-state index >= 15 is 0 Å². The van der Waals surface area contributed by atoms with Gasteiger partial charge in [0.15, 0.2) is 5.78 Å². The quantitative estimate of drug-likeness (QED) is 0.782. The van der Waals surface area contributed by atoms with Crippen molar-refractivity contribution in [2.24, 2.45) is 5.73 Å². The van der Waals surface area contributed by atoms with Crippen molar-refractivity contribution in [3.8, 4) is 0 Å². The number of benzene rings is 1. The maximum absolute atomic E-state index is 12.6. The molecule has 1 aromatic rings. The van der Waals surface area contributed by atoms with Crippen LogP contribution in [0.4, 0.5) is 0 Å². The van der Waals surface area contributed by atoms with Crippen LogP contribution in [0.3, 0.4) is 0 Å². The Kier molecular flexibility index (Phi) is 5.18. The zero-order chi connectivity index (χ0) is 17.2. The molecule has 0 aromatic heterocycles. The molecule has 1 saturated heterocycles. The normalized spacial score (nSPS) is 17.8. The minimum absolute atomic E-state index is 0.114. The molecule has 126 valence electrons. The summed E-state index contributed by atoms with van der Waals surface area (Å²) in [4.78, 5) is 24.8. The molecule has 2 N–H and O–H groups in total. The highest BCUT2D eigenvalue weighted by Crippen LogP contribution is 2.18. The van der Waals surface area contributed by atoms with Gasteiger partial charge < -0.3 is 10.6 Å². The van der Waals surface area contributed by atoms with E-state index in [1.165, 1.54) is 35.5 Å². The van der Waals surface area contributed by atoms with Gasteiger partial charge in [-0.25, -0.2) is 8.42 Å². The van der Waals surface area contributed by atoms with E-state index in [9.17, 15) is 18.0 Å². The summed E-state index contributed by atoms with van der Waals surface area (Å²) in [6.07, 6.45) is 0. The highest BCUT2D eigenvalue weighted by atomic mass is 32.2. The number of sulfonamides is 1. The molecule has 0 saturated carbocycles. The standard InChI is InChI=1S/C15H21N3O4S/c1-11(16)15(20)17-7-9-18(10-8-17)23(21,22)14-5-3-13(4-6-14)12(2)19/h3-6,11H,7-10,16H2,1-2H3/t11-/m1/s1. The lowest BCUT2D eigenvalue weighted by atomic mass is 10.2. The molecule has 23 heavy (non-hydrogen) atoms. The first-order chi connectivity index (χ1) is 10.7. The molecule has 1 aliphatic heterocycles. The van der Waals surface area contributed by atoms with E-state index < -0.39 is 16.1 Å². The number of hydrogen-bond acceptors (Lipinski definition) is 5. The van der Waals surface area contributed by atoms with Crippen LogP contribution in [0.2, 0.25) is 0 Å². The van der Waals surface area contributed by atoms with Crippen LogP contribution in [-0.2, 0) is 14.8 Å². The molecule has 1 aromatic carbocycles. The molecule has 1 atom stereocenters. The van der Waals surface area contributed by atoms with Gasteiger partial charge in [0, 0.05) is 31.7 Å². The minimum atomic E-state index is -3.62. The van der Waals surface area contributed by atoms with Crippen LogP contribution < -0.4 is 5.73 Å². The molecular formula is C15H21N3O4S. The number of rotatable bonds is 4. The predicted molar refractivity (Wildman–Crippen MR) is 85.4 cm³/mol. The molecule has 1 fully saturated rings. The van der Waals surface area contributed by atoms with Gasteiger partial charge in [0.05, 0.1) is 10.9 Å². The van der Waals surface area contributed by atoms with Crippen molar-refractivity contribution in [2.45, 2.75) is 24.8 Å². The third-order valence-corrected chi connectivity index (χ3v) is 5.75. The van der Waals surface area contributed by atoms with E-state index in [0.29, 0.717) is 18.7 Å². The van der Waals surface area contributed by atoms with Crippen LogP contribution in [0.5, 0.6) is 0 Å². The van der Waals surface area contributed by atoms with Crippen molar-refractivity contribution in [1.82, 2.24) is 9.21 Å². The average Bonchev–Trinajstić information content (AvgIpc) is 2.54. The molecule has 0 unspecified atom stereocenters. The van der Waals surface area contributed by atoms with E-state index in [2.05, 4.69) is 0 Å². The number of piperazine rings is 1. The SMILES string of the molecule is CC(=O)c1ccc(S(=O)(=O)N2CCN(C(=O)[C@@H](C)N)CC2)cc1. The third kappa shape index (κ3) is 3.77. The van der Waals surface area contributed by atoms with E-state index in [4.69, 9.17) is 5.73 Å². The first kappa shape index (κ1) is 17.6. The number of amides is 1. The Balaban J connectivity index is 2.10. The minimum Gasteiger partial charge on any atom is -0.339 e. The van der Waals surface area contributed by atoms with Crippen LogP contribution in [-0.4, -0.2) is 61.5 Å². The number of carbonyl (C=O) groups is 2. The van der Waals surface area contributed by atoms with Crippen LogP contribution in [0.25, 0.3) is 0 Å². The molecule has 7 nitrogen and oxygen atoms in total. The van der Waals surface area contributed by atoms with Crippen LogP contribution in [0.15, 0.2) is 29.2 Å². The summed E-state index contributed by atoms with van der Waals surface area (Å²) in [6, 6.07) is 5.30. The molecule has 2 rings (SSSR count). The van der Waals surface area contributed by atoms with Crippen molar-refractivity contribution < 1.29 is 18.0 Å². The smallest absolute Gasteiger partial charge is 0.243 e. The van der Waals surface area contributed by atoms with Crippen LogP contribution in [0, 0.1) is 0 Å². The summed E-state index contributed by atoms with van der Waals surface area (Å²) >= 11 is 0. The average molecular weight is 339 g/mol. The Bertz CT molecular complexity index is 690. The van der Waals surface area contributed by atoms with Gasteiger partial charge in [-0.2, -0.15) is 4.31 Å². The molecule has 1 amide bonds. The summed E-state index contributed by atoms with van der Waals surface area (Å²) in [5.74, 6) is -0.287. The second kappa shape index (κ2) is 6.77. The summed E-state index contributed by atoms with van der Waals surface area (Å²) in [7, 11) is -3.62. The number of carbonyl (C=O) groups excluding carboxylic acids is 2. The third-order valence-electron chi connectivity index (χ3n) is 3.84. The highest BCUT2D eigenvalue weighted by molar-refractivity contribution is 7.89. The zero-order valence-electron chi connectivity index (χ0n) is 13.2. The topological polar surface area (TPSA) is 101 Å². The van der Waals surface area contributed by atoms with E-state index in [1.54, 1.807) is 11.8 Å². The lowest BCUT2D eigenvalue weighted by Gasteiger charge is -2.34. The van der Waals surface area contributed by atoms with Gasteiger partial charge in [-0.3, -0.25) is 9.59 Å². The molecule has 0 bridgehead atoms. The fourth-order valence-corrected chi connectivity index (χ4v) is 3.87. The molecule has 0 radical (unpaired) electrons. The van der Waals surface area contributed by atoms with Gasteiger partial charge in [-0.05, 0) is 26.0 Å². The number of nitrogens with zero attached hydrogens (tertiary/aromatic N) is 2. The first-order valence-corrected chi connectivity index (χ1v) is 8.83. The Morgan fingerprint density at radius 3 is 2.04 bits per heavy atom. The summed E-state index contributed by atoms with van der Waals surface area (Å²) < 4.78 is 26.5. The van der Waals surface area contributed by atoms with Gasteiger partial charge in [0.25, 0.3) is 0 Å². The van der Waals surface area contributed by atoms with Crippen molar-refractivity contribution in [1.29, 1.82) is 0 Å². The van der Waals surface area contributed by atoms with E-state index in [0.717, 1.165) is 0 Å². The molecule has 0 aliphatic carbocycles. The van der Waals surface area contributed by atoms with Crippen molar-refractivity contribution in [3.05, 3.63) is 29.8 Å². The predicted octanol–water partition coefficient (Wildman–Crippen LogP) is 0.0693. The van der Waals surface area contributed by atoms with Crippen LogP contribution >= 0.6 is 0 Å². The van der Waals surface area contributed by atoms with Gasteiger partial charge in [0.2, 0.25) is 15.9 Å². The van der Waals surface area contributed by atoms with Crippen molar-refractivity contribution in [3.63, 3.8) is 0 Å². The largest absolute Gasteiger partial charge is 0.339 e. The van der Waals surface area contributed by atoms with Crippen molar-refractivity contribution in [2.75, 3.05) is 26.2 Å². The van der Waals surface area contributed by atoms with Gasteiger partial charge >= 0.3 is 0 Å². The summed E-state index contributed by atoms with van der Waals surface area (Å²) in [5.41, 5.74) is 6.04. The zero-order valence-corrected chi connectivity index (χ0v) is 14.0. The number of nitrogens with two attached hydrogens (primary N) is 1. The second-order valence-electron chi connectivity index (χ2n) is 5.60. The fraction of sp³-hybridized carbons (Fsp3) is 0.467. The Morgan fingerprint density at radius 2 is 1.61 bits per heavy atom. The number of ketones is 1. The van der Waals surface area contributed by atoms with Gasteiger partial charge in [0.1, 0.15) is 0 Å². The lowest BCUT2D eigenvalue weighted by Crippen LogP contribution is -2.53. The Morgan fingerprint density at radius 1 is 1.09 bits per heavy atom. The Hall–Kier alpha value is -1.77. The maximum Gasteiger partial charge on any atom is 0.243 e. The summed E-state index contributed by atoms with van der Waals surface area (Å²) in [5, 5.41) is 0. The molecule has 0 spiro atoms. The first-order valence-electron chi connectivity index (χ1n) is 7.39.